The lowest BCUT2D eigenvalue weighted by molar-refractivity contribution is -0.172. The van der Waals surface area contributed by atoms with Crippen molar-refractivity contribution >= 4 is 23.5 Å². The lowest BCUT2D eigenvalue weighted by Crippen LogP contribution is -2.39. The van der Waals surface area contributed by atoms with Gasteiger partial charge in [-0.05, 0) is 126 Å². The van der Waals surface area contributed by atoms with Crippen LogP contribution < -0.4 is 9.47 Å². The summed E-state index contributed by atoms with van der Waals surface area (Å²) in [6.07, 6.45) is -2.04. The van der Waals surface area contributed by atoms with Gasteiger partial charge in [0.05, 0.1) is 0 Å². The van der Waals surface area contributed by atoms with Gasteiger partial charge in [0, 0.05) is 11.1 Å². The van der Waals surface area contributed by atoms with E-state index in [0.29, 0.717) is 0 Å². The number of benzene rings is 4. The predicted molar refractivity (Wildman–Crippen MR) is 201 cm³/mol. The van der Waals surface area contributed by atoms with E-state index >= 15 is 0 Å². The molecule has 4 radical (unpaired) electrons. The summed E-state index contributed by atoms with van der Waals surface area (Å²) < 4.78 is 23.2. The molecule has 0 aliphatic carbocycles. The molecule has 4 aromatic carbocycles. The van der Waals surface area contributed by atoms with Crippen molar-refractivity contribution in [2.75, 3.05) is 13.2 Å². The number of Topliss-reactive ketones (excluding diaryl/α,β-unsaturated/α-hetero) is 2. The molecule has 0 spiro atoms. The number of ether oxygens (including phenoxy) is 4. The van der Waals surface area contributed by atoms with E-state index < -0.39 is 72.0 Å². The second-order valence-electron chi connectivity index (χ2n) is 14.0. The first-order chi connectivity index (χ1) is 25.5. The third kappa shape index (κ3) is 12.4. The Bertz CT molecular complexity index is 1690. The van der Waals surface area contributed by atoms with Crippen LogP contribution in [0.15, 0.2) is 109 Å². The van der Waals surface area contributed by atoms with Crippen molar-refractivity contribution in [2.45, 2.75) is 75.8 Å². The summed E-state index contributed by atoms with van der Waals surface area (Å²) >= 11 is 0. The summed E-state index contributed by atoms with van der Waals surface area (Å²) in [7, 11) is 0. The first-order valence-corrected chi connectivity index (χ1v) is 17.5. The minimum absolute atomic E-state index is 0.0561. The number of carbonyl (C=O) groups is 4. The first kappa shape index (κ1) is 41.4. The van der Waals surface area contributed by atoms with Crippen molar-refractivity contribution in [2.24, 2.45) is 0 Å². The maximum atomic E-state index is 13.3. The van der Waals surface area contributed by atoms with E-state index in [2.05, 4.69) is 0 Å². The number of aliphatic hydroxyl groups is 2. The Morgan fingerprint density at radius 3 is 1.15 bits per heavy atom. The first-order valence-electron chi connectivity index (χ1n) is 17.5. The van der Waals surface area contributed by atoms with Gasteiger partial charge in [-0.1, -0.05) is 60.7 Å². The third-order valence-electron chi connectivity index (χ3n) is 8.47. The quantitative estimate of drug-likeness (QED) is 0.0794. The van der Waals surface area contributed by atoms with Gasteiger partial charge in [0.25, 0.3) is 0 Å². The van der Waals surface area contributed by atoms with E-state index in [1.807, 2.05) is 60.7 Å². The van der Waals surface area contributed by atoms with E-state index in [9.17, 15) is 29.4 Å². The van der Waals surface area contributed by atoms with Crippen LogP contribution in [-0.4, -0.2) is 70.3 Å². The van der Waals surface area contributed by atoms with Crippen LogP contribution in [0, 0.1) is 13.8 Å². The van der Waals surface area contributed by atoms with Crippen molar-refractivity contribution in [1.29, 1.82) is 0 Å². The van der Waals surface area contributed by atoms with Gasteiger partial charge in [0.1, 0.15) is 34.9 Å². The lowest BCUT2D eigenvalue weighted by atomic mass is 9.88. The minimum Gasteiger partial charge on any atom is -0.482 e. The second kappa shape index (κ2) is 18.6. The van der Waals surface area contributed by atoms with Gasteiger partial charge >= 0.3 is 11.9 Å². The Balaban J connectivity index is 1.52. The van der Waals surface area contributed by atoms with Crippen molar-refractivity contribution in [1.82, 2.24) is 0 Å². The smallest absolute Gasteiger partial charge is 0.344 e. The van der Waals surface area contributed by atoms with Crippen LogP contribution >= 0.6 is 0 Å². The Hall–Kier alpha value is -5.32. The fraction of sp³-hybridized carbons (Fsp3) is 0.318. The molecule has 10 nitrogen and oxygen atoms in total. The normalized spacial score (nSPS) is 13.9. The van der Waals surface area contributed by atoms with Gasteiger partial charge < -0.3 is 29.2 Å². The number of hydrogen-bond donors (Lipinski definition) is 2. The number of ketones is 2. The van der Waals surface area contributed by atoms with Crippen LogP contribution in [0.5, 0.6) is 11.5 Å². The summed E-state index contributed by atoms with van der Waals surface area (Å²) in [6.45, 7) is 17.7. The molecule has 0 bridgehead atoms. The average Bonchev–Trinajstić information content (AvgIpc) is 3.15. The summed E-state index contributed by atoms with van der Waals surface area (Å²) in [5.41, 5.74) is -1.03. The van der Waals surface area contributed by atoms with E-state index in [1.54, 1.807) is 0 Å². The van der Waals surface area contributed by atoms with Gasteiger partial charge in [-0.2, -0.15) is 0 Å². The number of hydrogen-bond acceptors (Lipinski definition) is 10. The second-order valence-corrected chi connectivity index (χ2v) is 14.0. The maximum Gasteiger partial charge on any atom is 0.344 e. The monoisotopic (exact) mass is 734 g/mol. The topological polar surface area (TPSA) is 146 Å². The summed E-state index contributed by atoms with van der Waals surface area (Å²) in [5.74, 6) is -3.18. The molecular formula is C44H46O10. The molecule has 4 rings (SSSR count). The summed E-state index contributed by atoms with van der Waals surface area (Å²) in [6, 6.07) is 30.3. The maximum absolute atomic E-state index is 13.3. The predicted octanol–water partition coefficient (Wildman–Crippen LogP) is 6.65. The van der Waals surface area contributed by atoms with Gasteiger partial charge in [-0.3, -0.25) is 9.59 Å². The van der Waals surface area contributed by atoms with Gasteiger partial charge in [0.2, 0.25) is 0 Å². The molecule has 0 saturated carbocycles. The zero-order valence-corrected chi connectivity index (χ0v) is 30.8. The van der Waals surface area contributed by atoms with E-state index in [1.165, 1.54) is 76.2 Å². The molecule has 4 atom stereocenters. The number of carbonyl (C=O) groups excluding carboxylic acids is 4. The molecule has 10 heteroatoms. The molecule has 0 aliphatic rings. The van der Waals surface area contributed by atoms with Crippen molar-refractivity contribution < 1.29 is 48.3 Å². The van der Waals surface area contributed by atoms with Crippen molar-refractivity contribution in [3.63, 3.8) is 0 Å². The Labute approximate surface area is 317 Å². The molecule has 54 heavy (non-hydrogen) atoms. The van der Waals surface area contributed by atoms with Crippen LogP contribution in [-0.2, 0) is 19.1 Å². The zero-order chi connectivity index (χ0) is 39.5. The van der Waals surface area contributed by atoms with Gasteiger partial charge in [-0.15, -0.1) is 0 Å². The van der Waals surface area contributed by atoms with Crippen LogP contribution in [0.2, 0.25) is 0 Å². The molecule has 2 N–H and O–H groups in total. The highest BCUT2D eigenvalue weighted by Gasteiger charge is 2.33. The highest BCUT2D eigenvalue weighted by Crippen LogP contribution is 2.30. The highest BCUT2D eigenvalue weighted by atomic mass is 16.6. The highest BCUT2D eigenvalue weighted by molar-refractivity contribution is 6.02. The zero-order valence-electron chi connectivity index (χ0n) is 30.8. The molecular weight excluding hydrogens is 688 g/mol. The molecule has 0 heterocycles. The Morgan fingerprint density at radius 1 is 0.537 bits per heavy atom. The van der Waals surface area contributed by atoms with Crippen molar-refractivity contribution in [3.05, 3.63) is 145 Å². The SMILES string of the molecule is [CH]C(CC(OC(=O)COc1ccc(C(=O)C(C)(C)O)cc1)C(CC([CH])c1ccccc1)OC(=O)COc1ccc(C(=O)C(C)(C)O)cc1)c1ccccc1. The van der Waals surface area contributed by atoms with Gasteiger partial charge in [-0.25, -0.2) is 9.59 Å². The molecule has 0 fully saturated rings. The number of esters is 2. The minimum atomic E-state index is -1.55. The molecule has 4 unspecified atom stereocenters. The van der Waals surface area contributed by atoms with Crippen LogP contribution in [0.1, 0.15) is 84.2 Å². The third-order valence-corrected chi connectivity index (χ3v) is 8.47. The van der Waals surface area contributed by atoms with E-state index in [4.69, 9.17) is 32.8 Å². The lowest BCUT2D eigenvalue weighted by Gasteiger charge is -2.31. The average molecular weight is 735 g/mol. The molecule has 0 aromatic heterocycles. The molecule has 0 saturated heterocycles. The largest absolute Gasteiger partial charge is 0.482 e. The van der Waals surface area contributed by atoms with E-state index in [-0.39, 0.29) is 35.5 Å². The van der Waals surface area contributed by atoms with Crippen LogP contribution in [0.4, 0.5) is 0 Å². The summed E-state index contributed by atoms with van der Waals surface area (Å²) in [5, 5.41) is 20.1. The summed E-state index contributed by atoms with van der Waals surface area (Å²) in [4.78, 5) is 51.5. The number of rotatable bonds is 19. The molecule has 0 amide bonds. The van der Waals surface area contributed by atoms with E-state index in [0.717, 1.165) is 11.1 Å². The van der Waals surface area contributed by atoms with Gasteiger partial charge in [0.15, 0.2) is 24.8 Å². The Morgan fingerprint density at radius 2 is 0.852 bits per heavy atom. The molecule has 0 aliphatic heterocycles. The van der Waals surface area contributed by atoms with Crippen LogP contribution in [0.3, 0.4) is 0 Å². The standard InChI is InChI=1S/C44H46O10/c1-29(31-13-9-7-10-14-31)25-37(53-39(45)27-51-35-21-17-33(18-22-35)41(47)43(3,4)49)38(26-30(2)32-15-11-8-12-16-32)54-40(46)28-52-36-23-19-34(20-24-36)42(48)44(5,6)50/h1-2,7-24,29-30,37-38,49-50H,25-28H2,3-6H3. The van der Waals surface area contributed by atoms with Crippen molar-refractivity contribution in [3.8, 4) is 11.5 Å². The molecule has 4 aromatic rings. The fourth-order valence-electron chi connectivity index (χ4n) is 5.53. The Kier molecular flexibility index (Phi) is 14.3. The molecule has 282 valence electrons. The fourth-order valence-corrected chi connectivity index (χ4v) is 5.53. The van der Waals surface area contributed by atoms with Crippen LogP contribution in [0.25, 0.3) is 0 Å².